The van der Waals surface area contributed by atoms with E-state index in [0.717, 1.165) is 22.6 Å². The van der Waals surface area contributed by atoms with Crippen LogP contribution in [0.5, 0.6) is 0 Å². The number of esters is 1. The van der Waals surface area contributed by atoms with E-state index in [1.165, 1.54) is 10.6 Å². The molecule has 9 amide bonds. The highest BCUT2D eigenvalue weighted by Crippen LogP contribution is 2.46. The van der Waals surface area contributed by atoms with Gasteiger partial charge in [0.25, 0.3) is 17.4 Å². The maximum Gasteiger partial charge on any atom is 0.343 e. The fourth-order valence-electron chi connectivity index (χ4n) is 9.99. The third kappa shape index (κ3) is 13.6. The first-order valence-electron chi connectivity index (χ1n) is 26.3. The van der Waals surface area contributed by atoms with E-state index >= 15 is 4.39 Å². The maximum atomic E-state index is 15.4. The molecule has 3 aliphatic heterocycles. The number of imide groups is 1. The standard InChI is InChI=1S/C55H61FN10O15/c1-3-55(78)35-22-40-51-33(27-66(40)53(76)34(35)28-81-54(55)77)50-37(10-9-32-30(2)36(56)23-38(64-51)49(32)50)62-43(69)12-11-41(67)57-16-19-80-29-61-45(71)25-60-52(75)39(21-31-7-5-4-6-8-31)63-46(72)26-59-44(70)24-58-42(68)15-18-79-20-17-65-47(73)13-14-48(65)74/h4-8,13-14,22-23,37,39,78H,3,9-12,15-21,24-29H2,1-2H3,(H,57,67)(H,58,68)(H,59,70)(H,60,75)(H,61,71)(H,62,69)(H,63,72)/t37-,39-,55-/m0/s1. The van der Waals surface area contributed by atoms with E-state index in [-0.39, 0.29) is 96.0 Å². The molecule has 2 aromatic carbocycles. The second-order valence-electron chi connectivity index (χ2n) is 19.6. The van der Waals surface area contributed by atoms with E-state index in [1.807, 2.05) is 0 Å². The van der Waals surface area contributed by atoms with Gasteiger partial charge in [0.05, 0.1) is 81.1 Å². The molecular formula is C55H61FN10O15. The van der Waals surface area contributed by atoms with Gasteiger partial charge >= 0.3 is 5.97 Å². The number of carbonyl (C=O) groups excluding carboxylic acids is 10. The van der Waals surface area contributed by atoms with Crippen molar-refractivity contribution in [3.8, 4) is 11.4 Å². The summed E-state index contributed by atoms with van der Waals surface area (Å²) < 4.78 is 32.8. The number of hydrogen-bond acceptors (Lipinski definition) is 16. The lowest BCUT2D eigenvalue weighted by molar-refractivity contribution is -0.172. The number of fused-ring (bicyclic) bond motifs is 5. The Morgan fingerprint density at radius 3 is 2.25 bits per heavy atom. The Morgan fingerprint density at radius 2 is 1.49 bits per heavy atom. The SMILES string of the molecule is CC[C@@]1(O)C(=O)OCc2c1cc1n(c2=O)Cc2c-1nc1cc(F)c(C)c3c1c2[C@@H](NC(=O)CCC(=O)NCCOCNC(=O)CNC(=O)[C@H](Cc1ccccc1)NC(=O)CNC(=O)CNC(=O)CCOCCN1C(=O)C=CC1=O)CC3. The smallest absolute Gasteiger partial charge is 0.343 e. The molecule has 3 atom stereocenters. The number of carbonyl (C=O) groups is 10. The molecule has 428 valence electrons. The molecule has 0 radical (unpaired) electrons. The zero-order valence-corrected chi connectivity index (χ0v) is 44.5. The first-order valence-corrected chi connectivity index (χ1v) is 26.3. The highest BCUT2D eigenvalue weighted by molar-refractivity contribution is 6.12. The molecule has 26 heteroatoms. The third-order valence-corrected chi connectivity index (χ3v) is 14.3. The topological polar surface area (TPSA) is 341 Å². The van der Waals surface area contributed by atoms with Crippen molar-refractivity contribution < 1.29 is 71.7 Å². The molecular weight excluding hydrogens is 1060 g/mol. The van der Waals surface area contributed by atoms with E-state index in [9.17, 15) is 57.8 Å². The Labute approximate surface area is 462 Å². The van der Waals surface area contributed by atoms with Crippen LogP contribution in [0.25, 0.3) is 22.3 Å². The largest absolute Gasteiger partial charge is 0.458 e. The van der Waals surface area contributed by atoms with Gasteiger partial charge in [-0.1, -0.05) is 37.3 Å². The van der Waals surface area contributed by atoms with Gasteiger partial charge in [-0.05, 0) is 54.5 Å². The molecule has 0 saturated carbocycles. The van der Waals surface area contributed by atoms with Crippen molar-refractivity contribution in [1.82, 2.24) is 51.7 Å². The number of pyridine rings is 2. The first kappa shape index (κ1) is 58.4. The third-order valence-electron chi connectivity index (χ3n) is 14.3. The van der Waals surface area contributed by atoms with Crippen LogP contribution < -0.4 is 42.8 Å². The lowest BCUT2D eigenvalue weighted by Crippen LogP contribution is -2.52. The van der Waals surface area contributed by atoms with E-state index in [4.69, 9.17) is 19.2 Å². The zero-order valence-electron chi connectivity index (χ0n) is 44.5. The fraction of sp³-hybridized carbons (Fsp3) is 0.418. The molecule has 0 fully saturated rings. The van der Waals surface area contributed by atoms with E-state index in [0.29, 0.717) is 57.4 Å². The van der Waals surface area contributed by atoms with E-state index in [1.54, 1.807) is 50.2 Å². The second-order valence-corrected chi connectivity index (χ2v) is 19.6. The zero-order chi connectivity index (χ0) is 58.0. The van der Waals surface area contributed by atoms with Crippen molar-refractivity contribution >= 4 is 70.0 Å². The average Bonchev–Trinajstić information content (AvgIpc) is 2.58. The van der Waals surface area contributed by atoms with Gasteiger partial charge in [0.15, 0.2) is 5.60 Å². The van der Waals surface area contributed by atoms with Crippen molar-refractivity contribution in [2.45, 2.75) is 89.6 Å². The molecule has 0 spiro atoms. The van der Waals surface area contributed by atoms with Crippen molar-refractivity contribution in [1.29, 1.82) is 0 Å². The molecule has 8 rings (SSSR count). The van der Waals surface area contributed by atoms with Crippen molar-refractivity contribution in [3.63, 3.8) is 0 Å². The Kier molecular flexibility index (Phi) is 18.8. The summed E-state index contributed by atoms with van der Waals surface area (Å²) in [6.45, 7) is 1.28. The first-order chi connectivity index (χ1) is 38.9. The minimum atomic E-state index is -2.05. The van der Waals surface area contributed by atoms with Crippen molar-refractivity contribution in [2.75, 3.05) is 59.3 Å². The quantitative estimate of drug-likeness (QED) is 0.0143. The molecule has 25 nitrogen and oxygen atoms in total. The highest BCUT2D eigenvalue weighted by Gasteiger charge is 2.46. The minimum Gasteiger partial charge on any atom is -0.458 e. The second kappa shape index (κ2) is 26.0. The number of cyclic esters (lactones) is 1. The molecule has 81 heavy (non-hydrogen) atoms. The maximum absolute atomic E-state index is 15.4. The Morgan fingerprint density at radius 1 is 0.802 bits per heavy atom. The predicted molar refractivity (Wildman–Crippen MR) is 282 cm³/mol. The fourth-order valence-corrected chi connectivity index (χ4v) is 9.99. The summed E-state index contributed by atoms with van der Waals surface area (Å²) in [6.07, 6.45) is 2.62. The molecule has 8 N–H and O–H groups in total. The molecule has 0 bridgehead atoms. The van der Waals surface area contributed by atoms with Crippen molar-refractivity contribution in [2.24, 2.45) is 0 Å². The summed E-state index contributed by atoms with van der Waals surface area (Å²) in [6, 6.07) is 9.87. The van der Waals surface area contributed by atoms with Gasteiger partial charge in [0.2, 0.25) is 41.4 Å². The van der Waals surface area contributed by atoms with Crippen LogP contribution in [0.15, 0.2) is 59.4 Å². The van der Waals surface area contributed by atoms with Gasteiger partial charge in [0.1, 0.15) is 25.2 Å². The molecule has 0 saturated heterocycles. The summed E-state index contributed by atoms with van der Waals surface area (Å²) in [5, 5.41) is 30.0. The van der Waals surface area contributed by atoms with Gasteiger partial charge < -0.3 is 61.1 Å². The van der Waals surface area contributed by atoms with Gasteiger partial charge in [-0.3, -0.25) is 52.8 Å². The lowest BCUT2D eigenvalue weighted by Gasteiger charge is -2.31. The monoisotopic (exact) mass is 1120 g/mol. The van der Waals surface area contributed by atoms with Crippen LogP contribution in [-0.4, -0.2) is 144 Å². The number of halogens is 1. The van der Waals surface area contributed by atoms with Crippen molar-refractivity contribution in [3.05, 3.63) is 110 Å². The summed E-state index contributed by atoms with van der Waals surface area (Å²) in [4.78, 5) is 145. The molecule has 4 aromatic rings. The number of nitrogens with one attached hydrogen (secondary N) is 7. The number of amides is 9. The minimum absolute atomic E-state index is 0.0200. The number of rotatable bonds is 26. The van der Waals surface area contributed by atoms with Crippen LogP contribution in [0.4, 0.5) is 4.39 Å². The number of nitrogens with zero attached hydrogens (tertiary/aromatic N) is 3. The number of hydrogen-bond donors (Lipinski definition) is 8. The molecule has 4 aliphatic rings. The van der Waals surface area contributed by atoms with Gasteiger partial charge in [-0.15, -0.1) is 0 Å². The van der Waals surface area contributed by atoms with Crippen LogP contribution in [0.1, 0.15) is 84.0 Å². The highest BCUT2D eigenvalue weighted by atomic mass is 19.1. The summed E-state index contributed by atoms with van der Waals surface area (Å²) >= 11 is 0. The van der Waals surface area contributed by atoms with Gasteiger partial charge in [-0.25, -0.2) is 14.2 Å². The normalized spacial score (nSPS) is 16.9. The van der Waals surface area contributed by atoms with Crippen LogP contribution in [0, 0.1) is 12.7 Å². The van der Waals surface area contributed by atoms with Crippen LogP contribution >= 0.6 is 0 Å². The van der Waals surface area contributed by atoms with E-state index in [2.05, 4.69) is 37.2 Å². The van der Waals surface area contributed by atoms with Crippen LogP contribution in [0.3, 0.4) is 0 Å². The summed E-state index contributed by atoms with van der Waals surface area (Å²) in [5.74, 6) is -6.39. The number of aliphatic hydroxyl groups is 1. The number of ether oxygens (including phenoxy) is 3. The predicted octanol–water partition coefficient (Wildman–Crippen LogP) is -0.975. The number of aryl methyl sites for hydroxylation is 1. The lowest BCUT2D eigenvalue weighted by atomic mass is 9.81. The van der Waals surface area contributed by atoms with Crippen LogP contribution in [-0.2, 0) is 93.8 Å². The molecule has 1 aliphatic carbocycles. The molecule has 2 aromatic heterocycles. The Balaban J connectivity index is 0.738. The average molecular weight is 1120 g/mol. The Bertz CT molecular complexity index is 3280. The summed E-state index contributed by atoms with van der Waals surface area (Å²) in [5.41, 5.74) is 1.96. The van der Waals surface area contributed by atoms with E-state index < -0.39 is 108 Å². The van der Waals surface area contributed by atoms with Gasteiger partial charge in [-0.2, -0.15) is 0 Å². The molecule has 5 heterocycles. The molecule has 0 unspecified atom stereocenters. The van der Waals surface area contributed by atoms with Crippen LogP contribution in [0.2, 0.25) is 0 Å². The number of benzene rings is 2. The Hall–Kier alpha value is -8.75. The summed E-state index contributed by atoms with van der Waals surface area (Å²) in [7, 11) is 0. The number of aromatic nitrogens is 2. The van der Waals surface area contributed by atoms with Gasteiger partial charge in [0, 0.05) is 67.0 Å².